The summed E-state index contributed by atoms with van der Waals surface area (Å²) in [5.41, 5.74) is 8.57. The Balaban J connectivity index is 1.30. The Morgan fingerprint density at radius 1 is 0.395 bits per heavy atom. The van der Waals surface area contributed by atoms with Gasteiger partial charge in [0.15, 0.2) is 0 Å². The number of para-hydroxylation sites is 1. The summed E-state index contributed by atoms with van der Waals surface area (Å²) in [6.45, 7) is 0. The second-order valence-corrected chi connectivity index (χ2v) is 11.1. The number of rotatable bonds is 3. The third kappa shape index (κ3) is 3.72. The van der Waals surface area contributed by atoms with E-state index in [1.165, 1.54) is 38.2 Å². The first-order valence-electron chi connectivity index (χ1n) is 15.6. The summed E-state index contributed by atoms with van der Waals surface area (Å²) in [5, 5.41) is 9.14. The predicted molar refractivity (Wildman–Crippen MR) is 183 cm³/mol. The number of fused-ring (bicyclic) bond motifs is 6. The molecule has 43 heavy (non-hydrogen) atoms. The Hall–Kier alpha value is -5.66. The van der Waals surface area contributed by atoms with Gasteiger partial charge < -0.3 is 4.42 Å². The first-order chi connectivity index (χ1) is 22.1. The summed E-state index contributed by atoms with van der Waals surface area (Å²) in [6.07, 6.45) is 0. The summed E-state index contributed by atoms with van der Waals surface area (Å²) in [5.74, 6) is 0. The van der Waals surface area contributed by atoms with Gasteiger partial charge in [-0.2, -0.15) is 0 Å². The van der Waals surface area contributed by atoms with Crippen LogP contribution >= 0.6 is 0 Å². The van der Waals surface area contributed by atoms with E-state index in [4.69, 9.17) is 7.16 Å². The quantitative estimate of drug-likeness (QED) is 0.200. The van der Waals surface area contributed by atoms with Crippen molar-refractivity contribution >= 4 is 54.3 Å². The van der Waals surface area contributed by atoms with Crippen molar-refractivity contribution in [2.24, 2.45) is 0 Å². The predicted octanol–water partition coefficient (Wildman–Crippen LogP) is 12.0. The fourth-order valence-corrected chi connectivity index (χ4v) is 6.83. The first-order valence-corrected chi connectivity index (χ1v) is 14.6. The van der Waals surface area contributed by atoms with Crippen LogP contribution in [0.1, 0.15) is 2.74 Å². The Kier molecular flexibility index (Phi) is 4.83. The molecule has 9 rings (SSSR count). The van der Waals surface area contributed by atoms with Crippen molar-refractivity contribution in [3.05, 3.63) is 158 Å². The second kappa shape index (κ2) is 9.44. The molecule has 9 aromatic rings. The molecule has 1 nitrogen and oxygen atoms in total. The molecule has 0 radical (unpaired) electrons. The molecule has 0 aliphatic rings. The van der Waals surface area contributed by atoms with Gasteiger partial charge in [-0.25, -0.2) is 0 Å². The summed E-state index contributed by atoms with van der Waals surface area (Å²) in [4.78, 5) is 0. The number of hydrogen-bond donors (Lipinski definition) is 0. The fraction of sp³-hybridized carbons (Fsp3) is 0. The molecule has 0 saturated heterocycles. The normalized spacial score (nSPS) is 12.4. The molecule has 0 saturated carbocycles. The van der Waals surface area contributed by atoms with Crippen molar-refractivity contribution in [1.82, 2.24) is 0 Å². The van der Waals surface area contributed by atoms with Crippen molar-refractivity contribution in [2.45, 2.75) is 0 Å². The molecule has 1 heterocycles. The van der Waals surface area contributed by atoms with Crippen LogP contribution in [-0.4, -0.2) is 0 Å². The van der Waals surface area contributed by atoms with E-state index in [0.29, 0.717) is 12.1 Å². The number of benzene rings is 8. The van der Waals surface area contributed by atoms with Crippen LogP contribution in [0.5, 0.6) is 0 Å². The monoisotopic (exact) mass is 548 g/mol. The van der Waals surface area contributed by atoms with Gasteiger partial charge in [-0.15, -0.1) is 0 Å². The molecule has 0 fully saturated rings. The molecule has 0 spiro atoms. The summed E-state index contributed by atoms with van der Waals surface area (Å²) in [6, 6.07) is 51.5. The molecule has 200 valence electrons. The van der Waals surface area contributed by atoms with Crippen molar-refractivity contribution in [1.29, 1.82) is 0 Å². The van der Waals surface area contributed by atoms with Crippen molar-refractivity contribution in [2.75, 3.05) is 0 Å². The highest BCUT2D eigenvalue weighted by Gasteiger charge is 2.18. The van der Waals surface area contributed by atoms with E-state index in [1.807, 2.05) is 42.5 Å². The van der Waals surface area contributed by atoms with Gasteiger partial charge in [-0.1, -0.05) is 133 Å². The molecule has 0 N–H and O–H groups in total. The van der Waals surface area contributed by atoms with E-state index in [2.05, 4.69) is 97.1 Å². The summed E-state index contributed by atoms with van der Waals surface area (Å²) >= 11 is 0. The van der Waals surface area contributed by atoms with Crippen molar-refractivity contribution in [3.63, 3.8) is 0 Å². The SMILES string of the molecule is [2H]c1ccc2cc(-c3c4ccccc4c(-c4cccc(-c5cccc6oc7cc([2H])ccc7c56)c4)c4ccccc34)ccc2c1. The van der Waals surface area contributed by atoms with E-state index in [1.54, 1.807) is 6.07 Å². The fourth-order valence-electron chi connectivity index (χ4n) is 6.83. The summed E-state index contributed by atoms with van der Waals surface area (Å²) in [7, 11) is 0. The maximum absolute atomic E-state index is 8.07. The van der Waals surface area contributed by atoms with Crippen LogP contribution in [0.3, 0.4) is 0 Å². The van der Waals surface area contributed by atoms with Gasteiger partial charge in [0.1, 0.15) is 11.2 Å². The average molecular weight is 549 g/mol. The van der Waals surface area contributed by atoms with Crippen LogP contribution in [0.4, 0.5) is 0 Å². The van der Waals surface area contributed by atoms with E-state index >= 15 is 0 Å². The molecular formula is C42H26O. The lowest BCUT2D eigenvalue weighted by Gasteiger charge is -2.18. The standard InChI is InChI=1S/C42H26O/c1-2-12-28-25-31(24-23-27(28)11-1)41-35-17-5-3-15-33(35)40(34-16-4-6-18-36(34)41)30-14-9-13-29(26-30)32-20-10-22-39-42(32)37-19-7-8-21-38(37)43-39/h1-26H/i1D,8D. The average Bonchev–Trinajstić information content (AvgIpc) is 3.44. The van der Waals surface area contributed by atoms with Crippen LogP contribution in [0, 0.1) is 0 Å². The van der Waals surface area contributed by atoms with Gasteiger partial charge in [-0.3, -0.25) is 0 Å². The van der Waals surface area contributed by atoms with Crippen molar-refractivity contribution < 1.29 is 7.16 Å². The first kappa shape index (κ1) is 22.0. The third-order valence-electron chi connectivity index (χ3n) is 8.71. The summed E-state index contributed by atoms with van der Waals surface area (Å²) < 4.78 is 22.3. The lowest BCUT2D eigenvalue weighted by molar-refractivity contribution is 0.669. The zero-order chi connectivity index (χ0) is 30.1. The molecule has 0 unspecified atom stereocenters. The molecule has 8 aromatic carbocycles. The highest BCUT2D eigenvalue weighted by Crippen LogP contribution is 2.45. The maximum atomic E-state index is 8.07. The molecule has 0 atom stereocenters. The second-order valence-electron chi connectivity index (χ2n) is 11.1. The highest BCUT2D eigenvalue weighted by atomic mass is 16.3. The van der Waals surface area contributed by atoms with Crippen LogP contribution < -0.4 is 0 Å². The van der Waals surface area contributed by atoms with Gasteiger partial charge in [0.05, 0.1) is 2.74 Å². The van der Waals surface area contributed by atoms with Crippen molar-refractivity contribution in [3.8, 4) is 33.4 Å². The molecule has 0 amide bonds. The highest BCUT2D eigenvalue weighted by molar-refractivity contribution is 6.22. The zero-order valence-corrected chi connectivity index (χ0v) is 23.3. The minimum Gasteiger partial charge on any atom is -0.456 e. The lowest BCUT2D eigenvalue weighted by atomic mass is 9.85. The van der Waals surface area contributed by atoms with E-state index < -0.39 is 0 Å². The van der Waals surface area contributed by atoms with Crippen LogP contribution in [0.2, 0.25) is 0 Å². The number of furan rings is 1. The maximum Gasteiger partial charge on any atom is 0.136 e. The van der Waals surface area contributed by atoms with E-state index in [-0.39, 0.29) is 0 Å². The van der Waals surface area contributed by atoms with Crippen LogP contribution in [-0.2, 0) is 0 Å². The van der Waals surface area contributed by atoms with E-state index in [0.717, 1.165) is 49.4 Å². The molecule has 0 aliphatic carbocycles. The zero-order valence-electron chi connectivity index (χ0n) is 25.3. The van der Waals surface area contributed by atoms with Crippen LogP contribution in [0.25, 0.3) is 87.6 Å². The van der Waals surface area contributed by atoms with Crippen LogP contribution in [0.15, 0.2) is 162 Å². The Morgan fingerprint density at radius 3 is 1.79 bits per heavy atom. The third-order valence-corrected chi connectivity index (χ3v) is 8.71. The molecule has 1 aromatic heterocycles. The molecular weight excluding hydrogens is 520 g/mol. The molecule has 0 bridgehead atoms. The number of hydrogen-bond acceptors (Lipinski definition) is 1. The van der Waals surface area contributed by atoms with Gasteiger partial charge in [0.2, 0.25) is 0 Å². The Morgan fingerprint density at radius 2 is 1.02 bits per heavy atom. The van der Waals surface area contributed by atoms with Gasteiger partial charge in [-0.05, 0) is 90.0 Å². The Labute approximate surface area is 252 Å². The van der Waals surface area contributed by atoms with E-state index in [9.17, 15) is 0 Å². The topological polar surface area (TPSA) is 13.1 Å². The lowest BCUT2D eigenvalue weighted by Crippen LogP contribution is -1.91. The van der Waals surface area contributed by atoms with Gasteiger partial charge in [0.25, 0.3) is 0 Å². The smallest absolute Gasteiger partial charge is 0.136 e. The van der Waals surface area contributed by atoms with Gasteiger partial charge in [0, 0.05) is 10.8 Å². The largest absolute Gasteiger partial charge is 0.456 e. The molecule has 1 heteroatoms. The van der Waals surface area contributed by atoms with Gasteiger partial charge >= 0.3 is 0 Å². The molecule has 0 aliphatic heterocycles. The minimum atomic E-state index is 0.443. The minimum absolute atomic E-state index is 0.443. The Bertz CT molecular complexity index is 2570.